The summed E-state index contributed by atoms with van der Waals surface area (Å²) in [4.78, 5) is 8.87. The zero-order valence-electron chi connectivity index (χ0n) is 10.2. The maximum Gasteiger partial charge on any atom is 0.247 e. The molecule has 2 N–H and O–H groups in total. The summed E-state index contributed by atoms with van der Waals surface area (Å²) in [6.07, 6.45) is 0. The first-order valence-corrected chi connectivity index (χ1v) is 6.58. The molecule has 0 atom stereocenters. The number of hydrogen-bond donors (Lipinski definition) is 1. The van der Waals surface area contributed by atoms with E-state index in [1.54, 1.807) is 0 Å². The van der Waals surface area contributed by atoms with Crippen molar-refractivity contribution in [1.29, 1.82) is 0 Å². The average molecular weight is 259 g/mol. The predicted octanol–water partition coefficient (Wildman–Crippen LogP) is 3.03. The predicted molar refractivity (Wildman–Crippen MR) is 72.5 cm³/mol. The van der Waals surface area contributed by atoms with Gasteiger partial charge in [0.15, 0.2) is 5.58 Å². The number of aromatic nitrogens is 2. The van der Waals surface area contributed by atoms with Gasteiger partial charge in [-0.25, -0.2) is 9.97 Å². The van der Waals surface area contributed by atoms with Gasteiger partial charge >= 0.3 is 0 Å². The summed E-state index contributed by atoms with van der Waals surface area (Å²) in [5.74, 6) is 0.564. The molecule has 0 saturated carbocycles. The van der Waals surface area contributed by atoms with Crippen LogP contribution in [-0.4, -0.2) is 9.97 Å². The van der Waals surface area contributed by atoms with Crippen molar-refractivity contribution in [2.75, 3.05) is 0 Å². The molecule has 0 spiro atoms. The second-order valence-corrected chi connectivity index (χ2v) is 5.22. The van der Waals surface area contributed by atoms with Crippen LogP contribution in [0.1, 0.15) is 16.1 Å². The lowest BCUT2D eigenvalue weighted by Crippen LogP contribution is -1.94. The second-order valence-electron chi connectivity index (χ2n) is 4.28. The lowest BCUT2D eigenvalue weighted by Gasteiger charge is -1.94. The monoisotopic (exact) mass is 259 g/mol. The highest BCUT2D eigenvalue weighted by atomic mass is 32.1. The van der Waals surface area contributed by atoms with Crippen molar-refractivity contribution in [3.8, 4) is 11.6 Å². The number of oxazole rings is 1. The van der Waals surface area contributed by atoms with E-state index >= 15 is 0 Å². The molecule has 0 fully saturated rings. The topological polar surface area (TPSA) is 64.9 Å². The summed E-state index contributed by atoms with van der Waals surface area (Å²) in [7, 11) is 0. The van der Waals surface area contributed by atoms with Crippen molar-refractivity contribution < 1.29 is 4.42 Å². The summed E-state index contributed by atoms with van der Waals surface area (Å²) < 4.78 is 5.79. The Morgan fingerprint density at radius 2 is 2.11 bits per heavy atom. The smallest absolute Gasteiger partial charge is 0.247 e. The van der Waals surface area contributed by atoms with E-state index in [1.807, 2.05) is 18.4 Å². The zero-order chi connectivity index (χ0) is 12.7. The molecule has 0 unspecified atom stereocenters. The minimum absolute atomic E-state index is 0.447. The van der Waals surface area contributed by atoms with Gasteiger partial charge in [0.25, 0.3) is 0 Å². The van der Waals surface area contributed by atoms with E-state index < -0.39 is 0 Å². The standard InChI is InChI=1S/C13H13N3OS/c1-7-3-8(2)12-9(4-7)16-13(17-12)10-6-18-11(5-14)15-10/h3-4,6H,5,14H2,1-2H3. The van der Waals surface area contributed by atoms with Crippen LogP contribution in [0, 0.1) is 13.8 Å². The molecule has 5 heteroatoms. The Morgan fingerprint density at radius 1 is 1.28 bits per heavy atom. The third-order valence-electron chi connectivity index (χ3n) is 2.77. The van der Waals surface area contributed by atoms with E-state index in [4.69, 9.17) is 10.2 Å². The Hall–Kier alpha value is -1.72. The van der Waals surface area contributed by atoms with Crippen LogP contribution in [0.3, 0.4) is 0 Å². The highest BCUT2D eigenvalue weighted by Crippen LogP contribution is 2.28. The molecule has 4 nitrogen and oxygen atoms in total. The third-order valence-corrected chi connectivity index (χ3v) is 3.64. The van der Waals surface area contributed by atoms with Crippen LogP contribution >= 0.6 is 11.3 Å². The number of benzene rings is 1. The first-order chi connectivity index (χ1) is 8.67. The van der Waals surface area contributed by atoms with Gasteiger partial charge in [-0.3, -0.25) is 0 Å². The third kappa shape index (κ3) is 1.81. The minimum Gasteiger partial charge on any atom is -0.434 e. The molecule has 0 saturated heterocycles. The molecule has 3 rings (SSSR count). The molecule has 0 aliphatic rings. The van der Waals surface area contributed by atoms with Gasteiger partial charge in [0.2, 0.25) is 5.89 Å². The number of thiazole rings is 1. The number of fused-ring (bicyclic) bond motifs is 1. The van der Waals surface area contributed by atoms with Crippen molar-refractivity contribution in [2.24, 2.45) is 5.73 Å². The average Bonchev–Trinajstić information content (AvgIpc) is 2.93. The Morgan fingerprint density at radius 3 is 2.83 bits per heavy atom. The first kappa shape index (κ1) is 11.4. The van der Waals surface area contributed by atoms with Crippen LogP contribution < -0.4 is 5.73 Å². The normalized spacial score (nSPS) is 11.3. The number of aryl methyl sites for hydroxylation is 2. The molecule has 92 valence electrons. The summed E-state index contributed by atoms with van der Waals surface area (Å²) in [6.45, 7) is 4.52. The van der Waals surface area contributed by atoms with Gasteiger partial charge in [0, 0.05) is 11.9 Å². The van der Waals surface area contributed by atoms with Crippen molar-refractivity contribution in [2.45, 2.75) is 20.4 Å². The van der Waals surface area contributed by atoms with E-state index in [-0.39, 0.29) is 0 Å². The maximum atomic E-state index is 5.79. The highest BCUT2D eigenvalue weighted by Gasteiger charge is 2.13. The molecular formula is C13H13N3OS. The molecule has 18 heavy (non-hydrogen) atoms. The summed E-state index contributed by atoms with van der Waals surface area (Å²) in [5.41, 5.74) is 10.3. The van der Waals surface area contributed by atoms with Gasteiger partial charge in [-0.2, -0.15) is 0 Å². The maximum absolute atomic E-state index is 5.79. The molecule has 0 aliphatic carbocycles. The molecule has 3 aromatic rings. The number of nitrogens with zero attached hydrogens (tertiary/aromatic N) is 2. The Bertz CT molecular complexity index is 714. The van der Waals surface area contributed by atoms with Gasteiger partial charge in [0.05, 0.1) is 0 Å². The van der Waals surface area contributed by atoms with Crippen LogP contribution in [0.2, 0.25) is 0 Å². The van der Waals surface area contributed by atoms with E-state index in [0.29, 0.717) is 12.4 Å². The largest absolute Gasteiger partial charge is 0.434 e. The van der Waals surface area contributed by atoms with Gasteiger partial charge in [0.1, 0.15) is 16.2 Å². The minimum atomic E-state index is 0.447. The van der Waals surface area contributed by atoms with E-state index in [0.717, 1.165) is 27.4 Å². The van der Waals surface area contributed by atoms with Crippen LogP contribution in [-0.2, 0) is 6.54 Å². The summed E-state index contributed by atoms with van der Waals surface area (Å²) in [5, 5.41) is 2.81. The molecular weight excluding hydrogens is 246 g/mol. The molecule has 2 heterocycles. The van der Waals surface area contributed by atoms with Gasteiger partial charge < -0.3 is 10.2 Å². The first-order valence-electron chi connectivity index (χ1n) is 5.70. The number of nitrogens with two attached hydrogens (primary N) is 1. The summed E-state index contributed by atoms with van der Waals surface area (Å²) in [6, 6.07) is 4.11. The molecule has 1 aromatic carbocycles. The molecule has 0 aliphatic heterocycles. The molecule has 0 amide bonds. The van der Waals surface area contributed by atoms with Gasteiger partial charge in [-0.1, -0.05) is 6.07 Å². The van der Waals surface area contributed by atoms with E-state index in [2.05, 4.69) is 23.0 Å². The van der Waals surface area contributed by atoms with Crippen LogP contribution in [0.4, 0.5) is 0 Å². The van der Waals surface area contributed by atoms with Crippen molar-refractivity contribution in [1.82, 2.24) is 9.97 Å². The van der Waals surface area contributed by atoms with E-state index in [1.165, 1.54) is 16.9 Å². The highest BCUT2D eigenvalue weighted by molar-refractivity contribution is 7.09. The lowest BCUT2D eigenvalue weighted by atomic mass is 10.1. The van der Waals surface area contributed by atoms with Crippen molar-refractivity contribution in [3.05, 3.63) is 33.6 Å². The van der Waals surface area contributed by atoms with Crippen molar-refractivity contribution in [3.63, 3.8) is 0 Å². The Labute approximate surface area is 108 Å². The fraction of sp³-hybridized carbons (Fsp3) is 0.231. The SMILES string of the molecule is Cc1cc(C)c2oc(-c3csc(CN)n3)nc2c1. The fourth-order valence-electron chi connectivity index (χ4n) is 1.99. The molecule has 2 aromatic heterocycles. The van der Waals surface area contributed by atoms with Gasteiger partial charge in [-0.15, -0.1) is 11.3 Å². The zero-order valence-corrected chi connectivity index (χ0v) is 11.0. The van der Waals surface area contributed by atoms with E-state index in [9.17, 15) is 0 Å². The second kappa shape index (κ2) is 4.19. The van der Waals surface area contributed by atoms with Crippen LogP contribution in [0.15, 0.2) is 21.9 Å². The lowest BCUT2D eigenvalue weighted by molar-refractivity contribution is 0.614. The number of rotatable bonds is 2. The Kier molecular flexibility index (Phi) is 2.65. The summed E-state index contributed by atoms with van der Waals surface area (Å²) >= 11 is 1.53. The van der Waals surface area contributed by atoms with Crippen LogP contribution in [0.25, 0.3) is 22.7 Å². The van der Waals surface area contributed by atoms with Crippen molar-refractivity contribution >= 4 is 22.4 Å². The molecule has 0 bridgehead atoms. The fourth-order valence-corrected chi connectivity index (χ4v) is 2.64. The Balaban J connectivity index is 2.16. The quantitative estimate of drug-likeness (QED) is 0.768. The molecule has 0 radical (unpaired) electrons. The number of hydrogen-bond acceptors (Lipinski definition) is 5. The van der Waals surface area contributed by atoms with Gasteiger partial charge in [-0.05, 0) is 31.0 Å². The van der Waals surface area contributed by atoms with Crippen LogP contribution in [0.5, 0.6) is 0 Å².